The first-order chi connectivity index (χ1) is 9.17. The predicted molar refractivity (Wildman–Crippen MR) is 76.5 cm³/mol. The molecule has 0 spiro atoms. The van der Waals surface area contributed by atoms with Gasteiger partial charge < -0.3 is 9.84 Å². The van der Waals surface area contributed by atoms with Crippen molar-refractivity contribution in [3.05, 3.63) is 35.4 Å². The van der Waals surface area contributed by atoms with Crippen molar-refractivity contribution < 1.29 is 19.4 Å². The molecule has 4 heteroatoms. The highest BCUT2D eigenvalue weighted by atomic mass is 16.6. The maximum absolute atomic E-state index is 11.7. The predicted octanol–water partition coefficient (Wildman–Crippen LogP) is 2.83. The summed E-state index contributed by atoms with van der Waals surface area (Å²) in [7, 11) is 0. The molecule has 1 aromatic rings. The van der Waals surface area contributed by atoms with Gasteiger partial charge in [-0.15, -0.1) is 0 Å². The van der Waals surface area contributed by atoms with Crippen LogP contribution in [0.4, 0.5) is 0 Å². The second-order valence-corrected chi connectivity index (χ2v) is 6.02. The Hall–Kier alpha value is -1.84. The zero-order valence-electron chi connectivity index (χ0n) is 12.5. The smallest absolute Gasteiger partial charge is 0.310 e. The number of carboxylic acids is 1. The van der Waals surface area contributed by atoms with Crippen LogP contribution < -0.4 is 0 Å². The first-order valence-corrected chi connectivity index (χ1v) is 6.70. The van der Waals surface area contributed by atoms with E-state index in [2.05, 4.69) is 0 Å². The van der Waals surface area contributed by atoms with Gasteiger partial charge in [0.25, 0.3) is 0 Å². The average Bonchev–Trinajstić information content (AvgIpc) is 2.28. The van der Waals surface area contributed by atoms with Crippen LogP contribution in [0.1, 0.15) is 38.8 Å². The van der Waals surface area contributed by atoms with E-state index in [9.17, 15) is 9.59 Å². The molecule has 20 heavy (non-hydrogen) atoms. The van der Waals surface area contributed by atoms with Crippen molar-refractivity contribution in [1.82, 2.24) is 0 Å². The monoisotopic (exact) mass is 278 g/mol. The third-order valence-electron chi connectivity index (χ3n) is 2.75. The van der Waals surface area contributed by atoms with Gasteiger partial charge in [0, 0.05) is 0 Å². The fourth-order valence-electron chi connectivity index (χ4n) is 1.78. The van der Waals surface area contributed by atoms with E-state index in [0.29, 0.717) is 6.42 Å². The minimum atomic E-state index is -0.803. The summed E-state index contributed by atoms with van der Waals surface area (Å²) in [6, 6.07) is 7.40. The molecule has 0 saturated carbocycles. The van der Waals surface area contributed by atoms with E-state index in [-0.39, 0.29) is 12.4 Å². The van der Waals surface area contributed by atoms with Gasteiger partial charge in [0.1, 0.15) is 5.60 Å². The number of carboxylic acid groups (broad SMARTS) is 1. The molecule has 0 aliphatic carbocycles. The number of hydrogen-bond acceptors (Lipinski definition) is 3. The number of rotatable bonds is 5. The van der Waals surface area contributed by atoms with Crippen LogP contribution in [0.3, 0.4) is 0 Å². The summed E-state index contributed by atoms with van der Waals surface area (Å²) < 4.78 is 5.25. The van der Waals surface area contributed by atoms with Crippen molar-refractivity contribution >= 4 is 11.9 Å². The molecule has 0 aliphatic rings. The van der Waals surface area contributed by atoms with E-state index >= 15 is 0 Å². The van der Waals surface area contributed by atoms with Crippen LogP contribution in [0.25, 0.3) is 0 Å². The molecule has 0 aromatic heterocycles. The average molecular weight is 278 g/mol. The van der Waals surface area contributed by atoms with Crippen molar-refractivity contribution in [2.75, 3.05) is 0 Å². The molecule has 1 atom stereocenters. The molecule has 0 amide bonds. The van der Waals surface area contributed by atoms with Gasteiger partial charge in [-0.05, 0) is 38.3 Å². The van der Waals surface area contributed by atoms with Gasteiger partial charge in [0.2, 0.25) is 0 Å². The number of esters is 1. The Morgan fingerprint density at radius 2 is 1.65 bits per heavy atom. The molecular formula is C16H22O4. The zero-order valence-corrected chi connectivity index (χ0v) is 12.5. The quantitative estimate of drug-likeness (QED) is 0.841. The Morgan fingerprint density at radius 1 is 1.15 bits per heavy atom. The molecule has 0 bridgehead atoms. The highest BCUT2D eigenvalue weighted by molar-refractivity contribution is 5.73. The number of hydrogen-bond donors (Lipinski definition) is 1. The van der Waals surface area contributed by atoms with Gasteiger partial charge in [-0.3, -0.25) is 9.59 Å². The van der Waals surface area contributed by atoms with Gasteiger partial charge in [0.15, 0.2) is 0 Å². The lowest BCUT2D eigenvalue weighted by molar-refractivity contribution is -0.154. The van der Waals surface area contributed by atoms with Gasteiger partial charge >= 0.3 is 11.9 Å². The highest BCUT2D eigenvalue weighted by Crippen LogP contribution is 2.13. The SMILES string of the molecule is C[C@@H](Cc1ccc(CC(=O)OC(C)(C)C)cc1)C(=O)O. The Balaban J connectivity index is 2.59. The van der Waals surface area contributed by atoms with E-state index in [1.54, 1.807) is 6.92 Å². The Kier molecular flexibility index (Phi) is 5.31. The molecular weight excluding hydrogens is 256 g/mol. The Morgan fingerprint density at radius 3 is 2.10 bits per heavy atom. The van der Waals surface area contributed by atoms with E-state index < -0.39 is 17.5 Å². The summed E-state index contributed by atoms with van der Waals surface area (Å²) in [5.74, 6) is -1.47. The lowest BCUT2D eigenvalue weighted by Crippen LogP contribution is -2.24. The molecule has 0 saturated heterocycles. The minimum Gasteiger partial charge on any atom is -0.481 e. The van der Waals surface area contributed by atoms with Crippen molar-refractivity contribution in [2.24, 2.45) is 5.92 Å². The van der Waals surface area contributed by atoms with Gasteiger partial charge in [-0.25, -0.2) is 0 Å². The standard InChI is InChI=1S/C16H22O4/c1-11(15(18)19)9-12-5-7-13(8-6-12)10-14(17)20-16(2,3)4/h5-8,11H,9-10H2,1-4H3,(H,18,19)/t11-/m0/s1. The second kappa shape index (κ2) is 6.55. The lowest BCUT2D eigenvalue weighted by Gasteiger charge is -2.19. The summed E-state index contributed by atoms with van der Waals surface area (Å²) in [5.41, 5.74) is 1.34. The van der Waals surface area contributed by atoms with E-state index in [1.807, 2.05) is 45.0 Å². The van der Waals surface area contributed by atoms with E-state index in [4.69, 9.17) is 9.84 Å². The van der Waals surface area contributed by atoms with E-state index in [1.165, 1.54) is 0 Å². The number of ether oxygens (including phenoxy) is 1. The van der Waals surface area contributed by atoms with Crippen molar-refractivity contribution in [3.8, 4) is 0 Å². The molecule has 0 aliphatic heterocycles. The number of benzene rings is 1. The molecule has 1 N–H and O–H groups in total. The van der Waals surface area contributed by atoms with Crippen molar-refractivity contribution in [1.29, 1.82) is 0 Å². The molecule has 110 valence electrons. The molecule has 0 fully saturated rings. The number of aliphatic carboxylic acids is 1. The summed E-state index contributed by atoms with van der Waals surface area (Å²) in [4.78, 5) is 22.5. The van der Waals surface area contributed by atoms with Crippen molar-refractivity contribution in [2.45, 2.75) is 46.1 Å². The van der Waals surface area contributed by atoms with Crippen LogP contribution in [0.2, 0.25) is 0 Å². The zero-order chi connectivity index (χ0) is 15.3. The second-order valence-electron chi connectivity index (χ2n) is 6.02. The lowest BCUT2D eigenvalue weighted by atomic mass is 10.00. The molecule has 0 radical (unpaired) electrons. The molecule has 1 aromatic carbocycles. The molecule has 0 heterocycles. The Bertz CT molecular complexity index is 468. The fourth-order valence-corrected chi connectivity index (χ4v) is 1.78. The molecule has 1 rings (SSSR count). The maximum Gasteiger partial charge on any atom is 0.310 e. The van der Waals surface area contributed by atoms with E-state index in [0.717, 1.165) is 11.1 Å². The first kappa shape index (κ1) is 16.2. The molecule has 4 nitrogen and oxygen atoms in total. The van der Waals surface area contributed by atoms with Gasteiger partial charge in [0.05, 0.1) is 12.3 Å². The largest absolute Gasteiger partial charge is 0.481 e. The maximum atomic E-state index is 11.7. The van der Waals surface area contributed by atoms with Crippen LogP contribution in [0.15, 0.2) is 24.3 Å². The normalized spacial score (nSPS) is 12.8. The first-order valence-electron chi connectivity index (χ1n) is 6.70. The number of carbonyl (C=O) groups excluding carboxylic acids is 1. The topological polar surface area (TPSA) is 63.6 Å². The Labute approximate surface area is 119 Å². The summed E-state index contributed by atoms with van der Waals surface area (Å²) >= 11 is 0. The fraction of sp³-hybridized carbons (Fsp3) is 0.500. The minimum absolute atomic E-state index is 0.228. The summed E-state index contributed by atoms with van der Waals surface area (Å²) in [6.07, 6.45) is 0.716. The van der Waals surface area contributed by atoms with Gasteiger partial charge in [-0.2, -0.15) is 0 Å². The van der Waals surface area contributed by atoms with Crippen LogP contribution in [0.5, 0.6) is 0 Å². The highest BCUT2D eigenvalue weighted by Gasteiger charge is 2.16. The third-order valence-corrected chi connectivity index (χ3v) is 2.75. The van der Waals surface area contributed by atoms with Crippen LogP contribution in [-0.2, 0) is 27.2 Å². The summed E-state index contributed by atoms with van der Waals surface area (Å²) in [6.45, 7) is 7.18. The van der Waals surface area contributed by atoms with Crippen LogP contribution in [0, 0.1) is 5.92 Å². The van der Waals surface area contributed by atoms with Crippen LogP contribution in [-0.4, -0.2) is 22.6 Å². The van der Waals surface area contributed by atoms with Crippen molar-refractivity contribution in [3.63, 3.8) is 0 Å². The number of carbonyl (C=O) groups is 2. The summed E-state index contributed by atoms with van der Waals surface area (Å²) in [5, 5.41) is 8.86. The third kappa shape index (κ3) is 5.87. The molecule has 0 unspecified atom stereocenters. The van der Waals surface area contributed by atoms with Crippen LogP contribution >= 0.6 is 0 Å². The van der Waals surface area contributed by atoms with Gasteiger partial charge in [-0.1, -0.05) is 31.2 Å².